The maximum Gasteiger partial charge on any atom is 0.265 e. The fourth-order valence-corrected chi connectivity index (χ4v) is 3.65. The Bertz CT molecular complexity index is 829. The minimum Gasteiger partial charge on any atom is -0.330 e. The van der Waals surface area contributed by atoms with E-state index < -0.39 is 19.9 Å². The topological polar surface area (TPSA) is 109 Å². The minimum atomic E-state index is -4.04. The third-order valence-electron chi connectivity index (χ3n) is 2.35. The van der Waals surface area contributed by atoms with Crippen molar-refractivity contribution in [3.05, 3.63) is 35.6 Å². The second kappa shape index (κ2) is 5.08. The quantitative estimate of drug-likeness (QED) is 0.874. The molecule has 0 saturated heterocycles. The number of H-pyrrole nitrogens is 1. The van der Waals surface area contributed by atoms with Crippen LogP contribution in [0.5, 0.6) is 0 Å². The van der Waals surface area contributed by atoms with Gasteiger partial charge in [-0.2, -0.15) is 0 Å². The number of sulfonamides is 1. The molecule has 7 nitrogen and oxygen atoms in total. The molecule has 0 aliphatic carbocycles. The van der Waals surface area contributed by atoms with Crippen molar-refractivity contribution < 1.29 is 16.8 Å². The zero-order valence-electron chi connectivity index (χ0n) is 10.2. The Balaban J connectivity index is 2.51. The number of aromatic nitrogens is 2. The number of nitrogens with one attached hydrogen (secondary N) is 2. The van der Waals surface area contributed by atoms with Crippen LogP contribution in [-0.2, 0) is 19.9 Å². The molecule has 0 saturated carbocycles. The minimum absolute atomic E-state index is 0.00539. The molecule has 0 atom stereocenters. The number of nitrogens with zero attached hydrogens (tertiary/aromatic N) is 1. The summed E-state index contributed by atoms with van der Waals surface area (Å²) in [5.41, 5.74) is 0. The van der Waals surface area contributed by atoms with Gasteiger partial charge in [0.05, 0.1) is 9.92 Å². The van der Waals surface area contributed by atoms with Crippen LogP contribution in [0.2, 0.25) is 5.02 Å². The summed E-state index contributed by atoms with van der Waals surface area (Å²) in [6.45, 7) is 0. The Kier molecular flexibility index (Phi) is 3.76. The van der Waals surface area contributed by atoms with Gasteiger partial charge in [-0.15, -0.1) is 0 Å². The van der Waals surface area contributed by atoms with E-state index in [1.165, 1.54) is 24.5 Å². The average molecular weight is 336 g/mol. The first-order chi connectivity index (χ1) is 9.20. The SMILES string of the molecule is CS(=O)(=O)c1ccc(Cl)c(S(=O)(=O)Nc2ncc[nH]2)c1. The third kappa shape index (κ3) is 3.11. The molecule has 108 valence electrons. The summed E-state index contributed by atoms with van der Waals surface area (Å²) in [4.78, 5) is 5.81. The summed E-state index contributed by atoms with van der Waals surface area (Å²) < 4.78 is 49.4. The van der Waals surface area contributed by atoms with E-state index in [1.807, 2.05) is 0 Å². The van der Waals surface area contributed by atoms with Crippen molar-refractivity contribution in [2.75, 3.05) is 11.0 Å². The number of sulfone groups is 1. The lowest BCUT2D eigenvalue weighted by atomic mass is 10.4. The van der Waals surface area contributed by atoms with E-state index in [-0.39, 0.29) is 20.8 Å². The molecule has 0 aliphatic heterocycles. The van der Waals surface area contributed by atoms with Crippen molar-refractivity contribution in [1.82, 2.24) is 9.97 Å². The number of aromatic amines is 1. The van der Waals surface area contributed by atoms with Crippen LogP contribution >= 0.6 is 11.6 Å². The zero-order chi connectivity index (χ0) is 15.0. The van der Waals surface area contributed by atoms with Gasteiger partial charge in [-0.1, -0.05) is 11.6 Å². The molecule has 0 spiro atoms. The van der Waals surface area contributed by atoms with Crippen LogP contribution in [0.3, 0.4) is 0 Å². The van der Waals surface area contributed by atoms with Crippen LogP contribution in [0, 0.1) is 0 Å². The number of hydrogen-bond acceptors (Lipinski definition) is 5. The van der Waals surface area contributed by atoms with Crippen LogP contribution in [0.1, 0.15) is 0 Å². The molecule has 1 aromatic carbocycles. The summed E-state index contributed by atoms with van der Waals surface area (Å²) in [5.74, 6) is 0.00539. The lowest BCUT2D eigenvalue weighted by Crippen LogP contribution is -2.15. The fourth-order valence-electron chi connectivity index (χ4n) is 1.42. The first kappa shape index (κ1) is 14.8. The molecule has 1 aromatic heterocycles. The molecule has 0 bridgehead atoms. The van der Waals surface area contributed by atoms with E-state index in [0.29, 0.717) is 0 Å². The van der Waals surface area contributed by atoms with Gasteiger partial charge in [-0.3, -0.25) is 0 Å². The van der Waals surface area contributed by atoms with E-state index in [0.717, 1.165) is 12.3 Å². The van der Waals surface area contributed by atoms with Crippen LogP contribution in [-0.4, -0.2) is 33.1 Å². The zero-order valence-corrected chi connectivity index (χ0v) is 12.6. The first-order valence-corrected chi connectivity index (χ1v) is 8.97. The number of rotatable bonds is 4. The second-order valence-corrected chi connectivity index (χ2v) is 7.98. The van der Waals surface area contributed by atoms with Crippen molar-refractivity contribution in [2.24, 2.45) is 0 Å². The monoisotopic (exact) mass is 335 g/mol. The lowest BCUT2D eigenvalue weighted by Gasteiger charge is -2.08. The largest absolute Gasteiger partial charge is 0.330 e. The van der Waals surface area contributed by atoms with Gasteiger partial charge in [-0.05, 0) is 18.2 Å². The highest BCUT2D eigenvalue weighted by molar-refractivity contribution is 7.93. The van der Waals surface area contributed by atoms with Crippen molar-refractivity contribution in [3.63, 3.8) is 0 Å². The molecule has 2 N–H and O–H groups in total. The molecule has 2 aromatic rings. The lowest BCUT2D eigenvalue weighted by molar-refractivity contribution is 0.599. The molecule has 20 heavy (non-hydrogen) atoms. The van der Waals surface area contributed by atoms with Crippen LogP contribution in [0.4, 0.5) is 5.95 Å². The summed E-state index contributed by atoms with van der Waals surface area (Å²) >= 11 is 5.83. The van der Waals surface area contributed by atoms with E-state index in [9.17, 15) is 16.8 Å². The van der Waals surface area contributed by atoms with Gasteiger partial charge < -0.3 is 4.98 Å². The number of imidazole rings is 1. The molecular weight excluding hydrogens is 326 g/mol. The van der Waals surface area contributed by atoms with Gasteiger partial charge >= 0.3 is 0 Å². The van der Waals surface area contributed by atoms with Crippen LogP contribution in [0.15, 0.2) is 40.4 Å². The first-order valence-electron chi connectivity index (χ1n) is 5.22. The summed E-state index contributed by atoms with van der Waals surface area (Å²) in [6, 6.07) is 3.46. The van der Waals surface area contributed by atoms with Crippen LogP contribution < -0.4 is 4.72 Å². The van der Waals surface area contributed by atoms with Gasteiger partial charge in [0.1, 0.15) is 4.90 Å². The molecular formula is C10H10ClN3O4S2. The third-order valence-corrected chi connectivity index (χ3v) is 5.28. The molecule has 10 heteroatoms. The molecule has 0 unspecified atom stereocenters. The number of anilines is 1. The number of halogens is 1. The molecule has 0 amide bonds. The Morgan fingerprint density at radius 3 is 2.50 bits per heavy atom. The molecule has 0 radical (unpaired) electrons. The fraction of sp³-hybridized carbons (Fsp3) is 0.100. The predicted molar refractivity (Wildman–Crippen MR) is 74.0 cm³/mol. The van der Waals surface area contributed by atoms with Crippen molar-refractivity contribution in [3.8, 4) is 0 Å². The van der Waals surface area contributed by atoms with E-state index in [4.69, 9.17) is 11.6 Å². The molecule has 0 aliphatic rings. The Labute approximate surface area is 121 Å². The standard InChI is InChI=1S/C10H10ClN3O4S2/c1-19(15,16)7-2-3-8(11)9(6-7)20(17,18)14-10-12-4-5-13-10/h2-6H,1H3,(H2,12,13,14). The molecule has 1 heterocycles. The van der Waals surface area contributed by atoms with Crippen molar-refractivity contribution in [1.29, 1.82) is 0 Å². The number of hydrogen-bond donors (Lipinski definition) is 2. The maximum absolute atomic E-state index is 12.1. The maximum atomic E-state index is 12.1. The Morgan fingerprint density at radius 1 is 1.25 bits per heavy atom. The predicted octanol–water partition coefficient (Wildman–Crippen LogP) is 1.27. The normalized spacial score (nSPS) is 12.3. The Hall–Kier alpha value is -1.58. The highest BCUT2D eigenvalue weighted by Gasteiger charge is 2.21. The highest BCUT2D eigenvalue weighted by atomic mass is 35.5. The average Bonchev–Trinajstić information content (AvgIpc) is 2.79. The smallest absolute Gasteiger partial charge is 0.265 e. The second-order valence-electron chi connectivity index (χ2n) is 3.91. The highest BCUT2D eigenvalue weighted by Crippen LogP contribution is 2.26. The molecule has 0 fully saturated rings. The van der Waals surface area contributed by atoms with Crippen LogP contribution in [0.25, 0.3) is 0 Å². The van der Waals surface area contributed by atoms with Gasteiger partial charge in [-0.25, -0.2) is 26.5 Å². The molecule has 2 rings (SSSR count). The Morgan fingerprint density at radius 2 is 1.95 bits per heavy atom. The van der Waals surface area contributed by atoms with Gasteiger partial charge in [0.15, 0.2) is 9.84 Å². The van der Waals surface area contributed by atoms with Gasteiger partial charge in [0, 0.05) is 18.6 Å². The van der Waals surface area contributed by atoms with E-state index in [1.54, 1.807) is 0 Å². The van der Waals surface area contributed by atoms with Crippen molar-refractivity contribution >= 4 is 37.4 Å². The van der Waals surface area contributed by atoms with E-state index >= 15 is 0 Å². The van der Waals surface area contributed by atoms with E-state index in [2.05, 4.69) is 14.7 Å². The summed E-state index contributed by atoms with van der Waals surface area (Å²) in [6.07, 6.45) is 3.78. The van der Waals surface area contributed by atoms with Gasteiger partial charge in [0.2, 0.25) is 5.95 Å². The number of benzene rings is 1. The summed E-state index contributed by atoms with van der Waals surface area (Å²) in [7, 11) is -7.58. The van der Waals surface area contributed by atoms with Gasteiger partial charge in [0.25, 0.3) is 10.0 Å². The summed E-state index contributed by atoms with van der Waals surface area (Å²) in [5, 5.41) is -0.0866. The van der Waals surface area contributed by atoms with Crippen molar-refractivity contribution in [2.45, 2.75) is 9.79 Å².